The molecule has 0 aliphatic carbocycles. The first kappa shape index (κ1) is 21.3. The molecule has 0 unspecified atom stereocenters. The number of anilines is 1. The molecule has 8 heteroatoms. The minimum atomic E-state index is -0.348. The molecule has 1 N–H and O–H groups in total. The Morgan fingerprint density at radius 2 is 1.58 bits per heavy atom. The molecule has 0 spiro atoms. The van der Waals surface area contributed by atoms with Gasteiger partial charge >= 0.3 is 6.03 Å². The SMILES string of the molecule is O=C(Nc1ccc(F)cc1)N1CCN(C(=O)c2cccc(CN3CCOCC3)c2)CC1. The minimum Gasteiger partial charge on any atom is -0.379 e. The van der Waals surface area contributed by atoms with Gasteiger partial charge in [0.15, 0.2) is 0 Å². The van der Waals surface area contributed by atoms with Crippen molar-refractivity contribution >= 4 is 17.6 Å². The monoisotopic (exact) mass is 426 g/mol. The standard InChI is InChI=1S/C23H27FN4O3/c24-20-4-6-21(7-5-20)25-23(30)28-10-8-27(9-11-28)22(29)19-3-1-2-18(16-19)17-26-12-14-31-15-13-26/h1-7,16H,8-15,17H2,(H,25,30). The molecule has 4 rings (SSSR count). The van der Waals surface area contributed by atoms with Crippen molar-refractivity contribution in [1.29, 1.82) is 0 Å². The van der Waals surface area contributed by atoms with Gasteiger partial charge in [-0.3, -0.25) is 9.69 Å². The summed E-state index contributed by atoms with van der Waals surface area (Å²) in [5.74, 6) is -0.360. The average molecular weight is 426 g/mol. The molecule has 3 amide bonds. The highest BCUT2D eigenvalue weighted by Gasteiger charge is 2.25. The predicted octanol–water partition coefficient (Wildman–Crippen LogP) is 2.65. The second-order valence-corrected chi connectivity index (χ2v) is 7.81. The van der Waals surface area contributed by atoms with Gasteiger partial charge in [0.05, 0.1) is 13.2 Å². The lowest BCUT2D eigenvalue weighted by Crippen LogP contribution is -2.51. The van der Waals surface area contributed by atoms with E-state index in [0.717, 1.165) is 38.4 Å². The third kappa shape index (κ3) is 5.59. The van der Waals surface area contributed by atoms with Crippen LogP contribution in [-0.2, 0) is 11.3 Å². The summed E-state index contributed by atoms with van der Waals surface area (Å²) in [6.07, 6.45) is 0. The van der Waals surface area contributed by atoms with E-state index in [1.54, 1.807) is 9.80 Å². The first-order valence-corrected chi connectivity index (χ1v) is 10.6. The Morgan fingerprint density at radius 3 is 2.29 bits per heavy atom. The van der Waals surface area contributed by atoms with E-state index < -0.39 is 0 Å². The van der Waals surface area contributed by atoms with E-state index in [-0.39, 0.29) is 17.8 Å². The quantitative estimate of drug-likeness (QED) is 0.817. The van der Waals surface area contributed by atoms with E-state index in [9.17, 15) is 14.0 Å². The molecular formula is C23H27FN4O3. The molecule has 164 valence electrons. The fourth-order valence-electron chi connectivity index (χ4n) is 3.85. The molecule has 31 heavy (non-hydrogen) atoms. The van der Waals surface area contributed by atoms with E-state index in [1.165, 1.54) is 24.3 Å². The van der Waals surface area contributed by atoms with Gasteiger partial charge < -0.3 is 19.9 Å². The number of rotatable bonds is 4. The zero-order chi connectivity index (χ0) is 21.6. The zero-order valence-corrected chi connectivity index (χ0v) is 17.4. The van der Waals surface area contributed by atoms with Crippen LogP contribution in [0.2, 0.25) is 0 Å². The van der Waals surface area contributed by atoms with Gasteiger partial charge in [0.2, 0.25) is 0 Å². The largest absolute Gasteiger partial charge is 0.379 e. The molecule has 2 aromatic rings. The lowest BCUT2D eigenvalue weighted by atomic mass is 10.1. The number of ether oxygens (including phenoxy) is 1. The molecule has 0 bridgehead atoms. The molecule has 2 aliphatic rings. The van der Waals surface area contributed by atoms with E-state index >= 15 is 0 Å². The van der Waals surface area contributed by atoms with Crippen LogP contribution in [0.4, 0.5) is 14.9 Å². The molecule has 2 saturated heterocycles. The molecular weight excluding hydrogens is 399 g/mol. The normalized spacial score (nSPS) is 17.5. The average Bonchev–Trinajstić information content (AvgIpc) is 2.81. The number of halogens is 1. The molecule has 2 heterocycles. The van der Waals surface area contributed by atoms with Crippen molar-refractivity contribution in [3.63, 3.8) is 0 Å². The maximum absolute atomic E-state index is 13.0. The van der Waals surface area contributed by atoms with Crippen LogP contribution in [0.3, 0.4) is 0 Å². The van der Waals surface area contributed by atoms with Gasteiger partial charge in [0, 0.05) is 57.1 Å². The van der Waals surface area contributed by atoms with Gasteiger partial charge in [0.25, 0.3) is 5.91 Å². The highest BCUT2D eigenvalue weighted by Crippen LogP contribution is 2.15. The third-order valence-electron chi connectivity index (χ3n) is 5.63. The molecule has 2 fully saturated rings. The van der Waals surface area contributed by atoms with Crippen molar-refractivity contribution in [2.75, 3.05) is 57.8 Å². The molecule has 7 nitrogen and oxygen atoms in total. The number of piperazine rings is 1. The second-order valence-electron chi connectivity index (χ2n) is 7.81. The van der Waals surface area contributed by atoms with Crippen LogP contribution < -0.4 is 5.32 Å². The molecule has 0 atom stereocenters. The second kappa shape index (κ2) is 9.89. The van der Waals surface area contributed by atoms with Crippen LogP contribution in [-0.4, -0.2) is 79.1 Å². The van der Waals surface area contributed by atoms with Crippen LogP contribution in [0, 0.1) is 5.82 Å². The summed E-state index contributed by atoms with van der Waals surface area (Å²) >= 11 is 0. The Bertz CT molecular complexity index is 907. The van der Waals surface area contributed by atoms with E-state index in [1.807, 2.05) is 24.3 Å². The van der Waals surface area contributed by atoms with E-state index in [2.05, 4.69) is 10.2 Å². The van der Waals surface area contributed by atoms with E-state index in [0.29, 0.717) is 37.4 Å². The Hall–Kier alpha value is -2.97. The smallest absolute Gasteiger partial charge is 0.321 e. The number of urea groups is 1. The van der Waals surface area contributed by atoms with Crippen molar-refractivity contribution in [2.45, 2.75) is 6.54 Å². The van der Waals surface area contributed by atoms with Crippen molar-refractivity contribution in [3.8, 4) is 0 Å². The summed E-state index contributed by atoms with van der Waals surface area (Å²) in [6.45, 7) is 5.96. The molecule has 2 aliphatic heterocycles. The number of nitrogens with zero attached hydrogens (tertiary/aromatic N) is 3. The van der Waals surface area contributed by atoms with Crippen LogP contribution >= 0.6 is 0 Å². The Balaban J connectivity index is 1.30. The number of carbonyl (C=O) groups is 2. The first-order valence-electron chi connectivity index (χ1n) is 10.6. The maximum Gasteiger partial charge on any atom is 0.321 e. The molecule has 0 radical (unpaired) electrons. The molecule has 0 aromatic heterocycles. The van der Waals surface area contributed by atoms with Gasteiger partial charge in [-0.15, -0.1) is 0 Å². The summed E-state index contributed by atoms with van der Waals surface area (Å²) in [4.78, 5) is 31.2. The maximum atomic E-state index is 13.0. The predicted molar refractivity (Wildman–Crippen MR) is 115 cm³/mol. The van der Waals surface area contributed by atoms with Crippen molar-refractivity contribution in [3.05, 3.63) is 65.5 Å². The summed E-state index contributed by atoms with van der Waals surface area (Å²) in [7, 11) is 0. The fraction of sp³-hybridized carbons (Fsp3) is 0.391. The molecule has 0 saturated carbocycles. The van der Waals surface area contributed by atoms with Gasteiger partial charge in [-0.1, -0.05) is 12.1 Å². The van der Waals surface area contributed by atoms with Crippen LogP contribution in [0.1, 0.15) is 15.9 Å². The lowest BCUT2D eigenvalue weighted by molar-refractivity contribution is 0.0341. The van der Waals surface area contributed by atoms with E-state index in [4.69, 9.17) is 4.74 Å². The number of morpholine rings is 1. The minimum absolute atomic E-state index is 0.0116. The van der Waals surface area contributed by atoms with Crippen molar-refractivity contribution in [1.82, 2.24) is 14.7 Å². The molecule has 2 aromatic carbocycles. The first-order chi connectivity index (χ1) is 15.1. The fourth-order valence-corrected chi connectivity index (χ4v) is 3.85. The highest BCUT2D eigenvalue weighted by atomic mass is 19.1. The van der Waals surface area contributed by atoms with Gasteiger partial charge in [-0.2, -0.15) is 0 Å². The number of benzene rings is 2. The topological polar surface area (TPSA) is 65.1 Å². The highest BCUT2D eigenvalue weighted by molar-refractivity contribution is 5.95. The zero-order valence-electron chi connectivity index (χ0n) is 17.4. The number of carbonyl (C=O) groups excluding carboxylic acids is 2. The number of amides is 3. The van der Waals surface area contributed by atoms with Crippen LogP contribution in [0.15, 0.2) is 48.5 Å². The Labute approximate surface area is 181 Å². The summed E-state index contributed by atoms with van der Waals surface area (Å²) in [5.41, 5.74) is 2.34. The number of hydrogen-bond donors (Lipinski definition) is 1. The van der Waals surface area contributed by atoms with Gasteiger partial charge in [-0.25, -0.2) is 9.18 Å². The Morgan fingerprint density at radius 1 is 0.903 bits per heavy atom. The number of hydrogen-bond acceptors (Lipinski definition) is 4. The Kier molecular flexibility index (Phi) is 6.79. The number of nitrogens with one attached hydrogen (secondary N) is 1. The van der Waals surface area contributed by atoms with Crippen molar-refractivity contribution in [2.24, 2.45) is 0 Å². The summed E-state index contributed by atoms with van der Waals surface area (Å²) in [5, 5.41) is 2.76. The summed E-state index contributed by atoms with van der Waals surface area (Å²) in [6, 6.07) is 13.2. The van der Waals surface area contributed by atoms with Crippen molar-refractivity contribution < 1.29 is 18.7 Å². The van der Waals surface area contributed by atoms with Crippen LogP contribution in [0.25, 0.3) is 0 Å². The third-order valence-corrected chi connectivity index (χ3v) is 5.63. The van der Waals surface area contributed by atoms with Crippen LogP contribution in [0.5, 0.6) is 0 Å². The van der Waals surface area contributed by atoms with Gasteiger partial charge in [-0.05, 0) is 42.0 Å². The van der Waals surface area contributed by atoms with Gasteiger partial charge in [0.1, 0.15) is 5.82 Å². The summed E-state index contributed by atoms with van der Waals surface area (Å²) < 4.78 is 18.4. The lowest BCUT2D eigenvalue weighted by Gasteiger charge is -2.34.